The summed E-state index contributed by atoms with van der Waals surface area (Å²) in [6.07, 6.45) is 0. The highest BCUT2D eigenvalue weighted by atomic mass is 16.3. The third-order valence-electron chi connectivity index (χ3n) is 2.67. The van der Waals surface area contributed by atoms with Gasteiger partial charge in [-0.1, -0.05) is 12.1 Å². The molecule has 0 heterocycles. The van der Waals surface area contributed by atoms with Crippen LogP contribution in [0.25, 0.3) is 10.8 Å². The zero-order valence-electron chi connectivity index (χ0n) is 9.23. The van der Waals surface area contributed by atoms with Gasteiger partial charge >= 0.3 is 0 Å². The summed E-state index contributed by atoms with van der Waals surface area (Å²) in [6.45, 7) is 0. The van der Waals surface area contributed by atoms with Crippen LogP contribution in [0.4, 0.5) is 5.69 Å². The first-order valence-electron chi connectivity index (χ1n) is 5.00. The molecule has 0 atom stereocenters. The summed E-state index contributed by atoms with van der Waals surface area (Å²) in [5, 5.41) is 22.6. The van der Waals surface area contributed by atoms with E-state index in [2.05, 4.69) is 5.43 Å². The lowest BCUT2D eigenvalue weighted by Gasteiger charge is -2.20. The predicted octanol–water partition coefficient (Wildman–Crippen LogP) is 1.82. The maximum Gasteiger partial charge on any atom is 0.125 e. The molecule has 2 rings (SSSR count). The van der Waals surface area contributed by atoms with Gasteiger partial charge in [0.25, 0.3) is 0 Å². The maximum atomic E-state index is 9.86. The molecule has 0 radical (unpaired) electrons. The van der Waals surface area contributed by atoms with Crippen molar-refractivity contribution in [3.63, 3.8) is 0 Å². The first kappa shape index (κ1) is 10.6. The van der Waals surface area contributed by atoms with Gasteiger partial charge in [0.15, 0.2) is 0 Å². The van der Waals surface area contributed by atoms with Gasteiger partial charge in [0.05, 0.1) is 11.1 Å². The monoisotopic (exact) mass is 218 g/mol. The Bertz CT molecular complexity index is 526. The Morgan fingerprint density at radius 1 is 1.06 bits per heavy atom. The van der Waals surface area contributed by atoms with Crippen molar-refractivity contribution in [3.8, 4) is 11.5 Å². The molecule has 4 nitrogen and oxygen atoms in total. The zero-order chi connectivity index (χ0) is 11.7. The summed E-state index contributed by atoms with van der Waals surface area (Å²) in [5.74, 6) is 0.324. The second kappa shape index (κ2) is 3.90. The zero-order valence-corrected chi connectivity index (χ0v) is 9.23. The third-order valence-corrected chi connectivity index (χ3v) is 2.67. The molecule has 0 aromatic heterocycles. The highest BCUT2D eigenvalue weighted by Gasteiger charge is 2.11. The van der Waals surface area contributed by atoms with Crippen molar-refractivity contribution in [3.05, 3.63) is 30.3 Å². The molecular formula is C12H14N2O2. The fourth-order valence-electron chi connectivity index (χ4n) is 1.75. The SMILES string of the molecule is CNN(C)c1ccc(O)c2cccc(O)c12. The van der Waals surface area contributed by atoms with Crippen LogP contribution in [0.1, 0.15) is 0 Å². The molecule has 0 unspecified atom stereocenters. The van der Waals surface area contributed by atoms with Gasteiger partial charge in [-0.3, -0.25) is 0 Å². The Hall–Kier alpha value is -1.94. The average Bonchev–Trinajstić information content (AvgIpc) is 2.30. The molecule has 0 saturated carbocycles. The van der Waals surface area contributed by atoms with Gasteiger partial charge in [0.1, 0.15) is 11.5 Å². The molecular weight excluding hydrogens is 204 g/mol. The van der Waals surface area contributed by atoms with Gasteiger partial charge in [0, 0.05) is 19.5 Å². The normalized spacial score (nSPS) is 10.6. The van der Waals surface area contributed by atoms with Crippen LogP contribution in [-0.4, -0.2) is 24.3 Å². The van der Waals surface area contributed by atoms with Crippen LogP contribution in [0.5, 0.6) is 11.5 Å². The number of hydrogen-bond donors (Lipinski definition) is 3. The fourth-order valence-corrected chi connectivity index (χ4v) is 1.75. The lowest BCUT2D eigenvalue weighted by Crippen LogP contribution is -2.30. The Labute approximate surface area is 93.7 Å². The van der Waals surface area contributed by atoms with E-state index in [0.29, 0.717) is 10.8 Å². The molecule has 0 bridgehead atoms. The number of hydrogen-bond acceptors (Lipinski definition) is 4. The van der Waals surface area contributed by atoms with Crippen LogP contribution in [0.3, 0.4) is 0 Å². The smallest absolute Gasteiger partial charge is 0.125 e. The Balaban J connectivity index is 2.81. The van der Waals surface area contributed by atoms with E-state index in [0.717, 1.165) is 5.69 Å². The van der Waals surface area contributed by atoms with Crippen LogP contribution < -0.4 is 10.4 Å². The first-order chi connectivity index (χ1) is 7.65. The van der Waals surface area contributed by atoms with Crippen molar-refractivity contribution in [1.82, 2.24) is 5.43 Å². The number of fused-ring (bicyclic) bond motifs is 1. The second-order valence-electron chi connectivity index (χ2n) is 3.59. The third kappa shape index (κ3) is 1.53. The minimum Gasteiger partial charge on any atom is -0.507 e. The molecule has 0 aliphatic rings. The molecule has 4 heteroatoms. The van der Waals surface area contributed by atoms with Gasteiger partial charge in [-0.2, -0.15) is 0 Å². The molecule has 3 N–H and O–H groups in total. The summed E-state index contributed by atoms with van der Waals surface area (Å²) in [7, 11) is 3.64. The van der Waals surface area contributed by atoms with Crippen molar-refractivity contribution in [2.24, 2.45) is 0 Å². The number of phenolic OH excluding ortho intramolecular Hbond substituents is 2. The van der Waals surface area contributed by atoms with Gasteiger partial charge < -0.3 is 15.2 Å². The minimum absolute atomic E-state index is 0.158. The van der Waals surface area contributed by atoms with Crippen molar-refractivity contribution in [2.45, 2.75) is 0 Å². The van der Waals surface area contributed by atoms with Crippen molar-refractivity contribution in [1.29, 1.82) is 0 Å². The number of aromatic hydroxyl groups is 2. The number of anilines is 1. The van der Waals surface area contributed by atoms with Crippen LogP contribution in [0, 0.1) is 0 Å². The van der Waals surface area contributed by atoms with E-state index >= 15 is 0 Å². The summed E-state index contributed by atoms with van der Waals surface area (Å²) >= 11 is 0. The molecule has 2 aromatic rings. The number of phenols is 2. The quantitative estimate of drug-likeness (QED) is 0.673. The maximum absolute atomic E-state index is 9.86. The van der Waals surface area contributed by atoms with E-state index in [9.17, 15) is 10.2 Å². The minimum atomic E-state index is 0.158. The van der Waals surface area contributed by atoms with Crippen molar-refractivity contribution < 1.29 is 10.2 Å². The van der Waals surface area contributed by atoms with Gasteiger partial charge in [0.2, 0.25) is 0 Å². The molecule has 0 aliphatic heterocycles. The van der Waals surface area contributed by atoms with Gasteiger partial charge in [-0.15, -0.1) is 0 Å². The number of rotatable bonds is 2. The van der Waals surface area contributed by atoms with Crippen LogP contribution in [0.2, 0.25) is 0 Å². The number of hydrazine groups is 1. The van der Waals surface area contributed by atoms with Crippen molar-refractivity contribution >= 4 is 16.5 Å². The summed E-state index contributed by atoms with van der Waals surface area (Å²) in [4.78, 5) is 0. The molecule has 0 amide bonds. The topological polar surface area (TPSA) is 55.7 Å². The molecule has 0 aliphatic carbocycles. The predicted molar refractivity (Wildman–Crippen MR) is 64.7 cm³/mol. The largest absolute Gasteiger partial charge is 0.507 e. The molecule has 84 valence electrons. The molecule has 2 aromatic carbocycles. The fraction of sp³-hybridized carbons (Fsp3) is 0.167. The second-order valence-corrected chi connectivity index (χ2v) is 3.59. The Morgan fingerprint density at radius 2 is 1.81 bits per heavy atom. The number of nitrogens with zero attached hydrogens (tertiary/aromatic N) is 1. The summed E-state index contributed by atoms with van der Waals surface area (Å²) in [5.41, 5.74) is 3.77. The van der Waals surface area contributed by atoms with Gasteiger partial charge in [-0.25, -0.2) is 5.43 Å². The van der Waals surface area contributed by atoms with E-state index in [1.165, 1.54) is 0 Å². The van der Waals surface area contributed by atoms with Crippen LogP contribution in [-0.2, 0) is 0 Å². The molecule has 0 saturated heterocycles. The lowest BCUT2D eigenvalue weighted by atomic mass is 10.1. The average molecular weight is 218 g/mol. The van der Waals surface area contributed by atoms with E-state index in [1.807, 2.05) is 7.05 Å². The highest BCUT2D eigenvalue weighted by molar-refractivity contribution is 6.01. The van der Waals surface area contributed by atoms with E-state index < -0.39 is 0 Å². The lowest BCUT2D eigenvalue weighted by molar-refractivity contribution is 0.475. The first-order valence-corrected chi connectivity index (χ1v) is 5.00. The van der Waals surface area contributed by atoms with E-state index in [1.54, 1.807) is 42.4 Å². The number of benzene rings is 2. The Morgan fingerprint density at radius 3 is 2.50 bits per heavy atom. The van der Waals surface area contributed by atoms with E-state index in [-0.39, 0.29) is 11.5 Å². The van der Waals surface area contributed by atoms with Gasteiger partial charge in [-0.05, 0) is 18.2 Å². The molecule has 0 fully saturated rings. The summed E-state index contributed by atoms with van der Waals surface area (Å²) in [6, 6.07) is 8.46. The highest BCUT2D eigenvalue weighted by Crippen LogP contribution is 2.37. The molecule has 16 heavy (non-hydrogen) atoms. The Kier molecular flexibility index (Phi) is 2.58. The standard InChI is InChI=1S/C12H14N2O2/c1-13-14(2)9-6-7-10(15)8-4-3-5-11(16)12(8)9/h3-7,13,15-16H,1-2H3. The van der Waals surface area contributed by atoms with E-state index in [4.69, 9.17) is 0 Å². The van der Waals surface area contributed by atoms with Crippen LogP contribution in [0.15, 0.2) is 30.3 Å². The molecule has 0 spiro atoms. The van der Waals surface area contributed by atoms with Crippen molar-refractivity contribution in [2.75, 3.05) is 19.1 Å². The summed E-state index contributed by atoms with van der Waals surface area (Å²) < 4.78 is 0. The number of nitrogens with one attached hydrogen (secondary N) is 1. The van der Waals surface area contributed by atoms with Crippen LogP contribution >= 0.6 is 0 Å².